The lowest BCUT2D eigenvalue weighted by atomic mass is 10.3. The molecule has 5 nitrogen and oxygen atoms in total. The second-order valence-electron chi connectivity index (χ2n) is 2.80. The molecule has 3 N–H and O–H groups in total. The summed E-state index contributed by atoms with van der Waals surface area (Å²) in [6, 6.07) is 1.69. The largest absolute Gasteiger partial charge is 0.369 e. The molecule has 0 aliphatic rings. The number of nitrogens with zero attached hydrogens (tertiary/aromatic N) is 1. The van der Waals surface area contributed by atoms with E-state index in [4.69, 9.17) is 5.73 Å². The molecule has 2 rings (SSSR count). The third-order valence-electron chi connectivity index (χ3n) is 1.73. The second-order valence-corrected chi connectivity index (χ2v) is 3.69. The summed E-state index contributed by atoms with van der Waals surface area (Å²) in [5.74, 6) is -0.193. The predicted octanol–water partition coefficient (Wildman–Crippen LogP) is 0.0124. The molecule has 2 heterocycles. The van der Waals surface area contributed by atoms with Crippen molar-refractivity contribution in [3.63, 3.8) is 0 Å². The molecule has 0 aromatic carbocycles. The number of hydrogen-bond donors (Lipinski definition) is 2. The highest BCUT2D eigenvalue weighted by atomic mass is 32.1. The minimum atomic E-state index is -0.510. The lowest BCUT2D eigenvalue weighted by molar-refractivity contribution is -0.117. The van der Waals surface area contributed by atoms with Gasteiger partial charge in [0.2, 0.25) is 5.91 Å². The van der Waals surface area contributed by atoms with E-state index in [9.17, 15) is 9.59 Å². The van der Waals surface area contributed by atoms with E-state index in [-0.39, 0.29) is 12.0 Å². The molecule has 0 saturated heterocycles. The number of rotatable bonds is 2. The van der Waals surface area contributed by atoms with Crippen LogP contribution in [0.4, 0.5) is 0 Å². The molecule has 6 heteroatoms. The maximum atomic E-state index is 11.4. The highest BCUT2D eigenvalue weighted by Crippen LogP contribution is 2.13. The van der Waals surface area contributed by atoms with Gasteiger partial charge in [-0.05, 0) is 11.4 Å². The van der Waals surface area contributed by atoms with Crippen LogP contribution in [0.5, 0.6) is 0 Å². The maximum absolute atomic E-state index is 11.4. The Balaban J connectivity index is 2.58. The summed E-state index contributed by atoms with van der Waals surface area (Å²) >= 11 is 1.36. The molecule has 0 spiro atoms. The number of carbonyl (C=O) groups excluding carboxylic acids is 1. The van der Waals surface area contributed by atoms with Gasteiger partial charge in [-0.25, -0.2) is 4.98 Å². The van der Waals surface area contributed by atoms with Gasteiger partial charge >= 0.3 is 0 Å². The van der Waals surface area contributed by atoms with E-state index in [0.29, 0.717) is 16.0 Å². The highest BCUT2D eigenvalue weighted by molar-refractivity contribution is 7.16. The van der Waals surface area contributed by atoms with Crippen LogP contribution in [0.15, 0.2) is 16.2 Å². The molecule has 72 valence electrons. The van der Waals surface area contributed by atoms with Crippen LogP contribution in [0, 0.1) is 0 Å². The zero-order valence-corrected chi connectivity index (χ0v) is 7.93. The standard InChI is InChI=1S/C8H7N3O2S/c9-5(12)3-6-10-7(13)4-1-2-14-8(4)11-6/h1-2H,3H2,(H2,9,12)(H,10,11,13). The normalized spacial score (nSPS) is 10.6. The van der Waals surface area contributed by atoms with Gasteiger partial charge in [0.15, 0.2) is 0 Å². The van der Waals surface area contributed by atoms with E-state index in [1.54, 1.807) is 11.4 Å². The zero-order chi connectivity index (χ0) is 10.1. The number of carbonyl (C=O) groups is 1. The fourth-order valence-corrected chi connectivity index (χ4v) is 1.94. The molecule has 0 fully saturated rings. The van der Waals surface area contributed by atoms with E-state index in [2.05, 4.69) is 9.97 Å². The van der Waals surface area contributed by atoms with E-state index in [0.717, 1.165) is 0 Å². The number of primary amides is 1. The summed E-state index contributed by atoms with van der Waals surface area (Å²) < 4.78 is 0. The number of amides is 1. The van der Waals surface area contributed by atoms with Gasteiger partial charge in [-0.2, -0.15) is 0 Å². The number of hydrogen-bond acceptors (Lipinski definition) is 4. The molecule has 0 aliphatic carbocycles. The Morgan fingerprint density at radius 2 is 2.43 bits per heavy atom. The predicted molar refractivity (Wildman–Crippen MR) is 53.1 cm³/mol. The van der Waals surface area contributed by atoms with Crippen LogP contribution in [0.2, 0.25) is 0 Å². The average Bonchev–Trinajstić information content (AvgIpc) is 2.50. The summed E-state index contributed by atoms with van der Waals surface area (Å²) in [4.78, 5) is 29.3. The number of thiophene rings is 1. The van der Waals surface area contributed by atoms with E-state index in [1.807, 2.05) is 0 Å². The molecule has 2 aromatic rings. The summed E-state index contributed by atoms with van der Waals surface area (Å²) in [5, 5.41) is 2.32. The number of aromatic amines is 1. The van der Waals surface area contributed by atoms with Crippen LogP contribution >= 0.6 is 11.3 Å². The van der Waals surface area contributed by atoms with Gasteiger partial charge in [0.25, 0.3) is 5.56 Å². The fraction of sp³-hybridized carbons (Fsp3) is 0.125. The molecule has 0 bridgehead atoms. The molecule has 0 aliphatic heterocycles. The number of aromatic nitrogens is 2. The van der Waals surface area contributed by atoms with Gasteiger partial charge in [-0.3, -0.25) is 9.59 Å². The molecule has 1 amide bonds. The molecule has 2 aromatic heterocycles. The summed E-state index contributed by atoms with van der Waals surface area (Å²) in [7, 11) is 0. The molecular weight excluding hydrogens is 202 g/mol. The van der Waals surface area contributed by atoms with Crippen molar-refractivity contribution in [1.82, 2.24) is 9.97 Å². The van der Waals surface area contributed by atoms with Crippen LogP contribution in [0.1, 0.15) is 5.82 Å². The van der Waals surface area contributed by atoms with Crippen LogP contribution in [-0.4, -0.2) is 15.9 Å². The van der Waals surface area contributed by atoms with Gasteiger partial charge in [-0.15, -0.1) is 11.3 Å². The van der Waals surface area contributed by atoms with Crippen LogP contribution in [0.3, 0.4) is 0 Å². The van der Waals surface area contributed by atoms with Gasteiger partial charge in [0, 0.05) is 0 Å². The van der Waals surface area contributed by atoms with Crippen molar-refractivity contribution >= 4 is 27.5 Å². The van der Waals surface area contributed by atoms with Gasteiger partial charge in [-0.1, -0.05) is 0 Å². The molecule has 0 radical (unpaired) electrons. The molecule has 0 unspecified atom stereocenters. The first-order valence-corrected chi connectivity index (χ1v) is 4.79. The number of nitrogens with two attached hydrogens (primary N) is 1. The fourth-order valence-electron chi connectivity index (χ4n) is 1.16. The highest BCUT2D eigenvalue weighted by Gasteiger charge is 2.06. The Bertz CT molecular complexity index is 543. The maximum Gasteiger partial charge on any atom is 0.259 e. The van der Waals surface area contributed by atoms with Gasteiger partial charge in [0.05, 0.1) is 11.8 Å². The smallest absolute Gasteiger partial charge is 0.259 e. The number of nitrogens with one attached hydrogen (secondary N) is 1. The lowest BCUT2D eigenvalue weighted by Crippen LogP contribution is -2.19. The second kappa shape index (κ2) is 3.22. The minimum absolute atomic E-state index is 0.0386. The van der Waals surface area contributed by atoms with Gasteiger partial charge < -0.3 is 10.7 Å². The molecular formula is C8H7N3O2S. The summed E-state index contributed by atoms with van der Waals surface area (Å²) in [5.41, 5.74) is 4.77. The summed E-state index contributed by atoms with van der Waals surface area (Å²) in [6.45, 7) is 0. The Morgan fingerprint density at radius 3 is 3.14 bits per heavy atom. The third-order valence-corrected chi connectivity index (χ3v) is 2.53. The van der Waals surface area contributed by atoms with Gasteiger partial charge in [0.1, 0.15) is 10.7 Å². The van der Waals surface area contributed by atoms with E-state index in [1.165, 1.54) is 11.3 Å². The Kier molecular flexibility index (Phi) is 2.05. The Morgan fingerprint density at radius 1 is 1.64 bits per heavy atom. The average molecular weight is 209 g/mol. The van der Waals surface area contributed by atoms with Crippen LogP contribution < -0.4 is 11.3 Å². The quantitative estimate of drug-likeness (QED) is 0.730. The van der Waals surface area contributed by atoms with Crippen LogP contribution in [0.25, 0.3) is 10.2 Å². The number of H-pyrrole nitrogens is 1. The van der Waals surface area contributed by atoms with Crippen LogP contribution in [-0.2, 0) is 11.2 Å². The minimum Gasteiger partial charge on any atom is -0.369 e. The van der Waals surface area contributed by atoms with E-state index < -0.39 is 5.91 Å². The first kappa shape index (κ1) is 8.89. The zero-order valence-electron chi connectivity index (χ0n) is 7.11. The SMILES string of the molecule is NC(=O)Cc1nc2sccc2c(=O)[nH]1. The monoisotopic (exact) mass is 209 g/mol. The van der Waals surface area contributed by atoms with E-state index >= 15 is 0 Å². The first-order chi connectivity index (χ1) is 6.66. The van der Waals surface area contributed by atoms with Crippen molar-refractivity contribution in [2.45, 2.75) is 6.42 Å². The lowest BCUT2D eigenvalue weighted by Gasteiger charge is -1.96. The number of fused-ring (bicyclic) bond motifs is 1. The van der Waals surface area contributed by atoms with Crippen molar-refractivity contribution in [2.24, 2.45) is 5.73 Å². The molecule has 14 heavy (non-hydrogen) atoms. The topological polar surface area (TPSA) is 88.8 Å². The molecule has 0 atom stereocenters. The van der Waals surface area contributed by atoms with Crippen molar-refractivity contribution in [3.05, 3.63) is 27.6 Å². The van der Waals surface area contributed by atoms with Crippen molar-refractivity contribution in [3.8, 4) is 0 Å². The first-order valence-electron chi connectivity index (χ1n) is 3.91. The third kappa shape index (κ3) is 1.51. The van der Waals surface area contributed by atoms with Crippen molar-refractivity contribution in [1.29, 1.82) is 0 Å². The summed E-state index contributed by atoms with van der Waals surface area (Å²) in [6.07, 6.45) is -0.0386. The molecule has 0 saturated carbocycles. The Labute approximate surface area is 82.6 Å². The van der Waals surface area contributed by atoms with Crippen molar-refractivity contribution < 1.29 is 4.79 Å². The van der Waals surface area contributed by atoms with Crippen molar-refractivity contribution in [2.75, 3.05) is 0 Å². The Hall–Kier alpha value is -1.69.